The van der Waals surface area contributed by atoms with E-state index in [9.17, 15) is 24.3 Å². The molecule has 2 amide bonds. The molecule has 0 bridgehead atoms. The van der Waals surface area contributed by atoms with Gasteiger partial charge in [0, 0.05) is 6.42 Å². The van der Waals surface area contributed by atoms with Crippen LogP contribution in [0.1, 0.15) is 39.1 Å². The Hall–Kier alpha value is -3.48. The summed E-state index contributed by atoms with van der Waals surface area (Å²) in [6, 6.07) is 13.8. The van der Waals surface area contributed by atoms with Gasteiger partial charge in [0.15, 0.2) is 0 Å². The van der Waals surface area contributed by atoms with Crippen molar-refractivity contribution >= 4 is 23.8 Å². The van der Waals surface area contributed by atoms with E-state index in [0.29, 0.717) is 4.90 Å². The van der Waals surface area contributed by atoms with Crippen LogP contribution >= 0.6 is 0 Å². The van der Waals surface area contributed by atoms with Gasteiger partial charge in [-0.25, -0.2) is 4.79 Å². The maximum absolute atomic E-state index is 12.4. The van der Waals surface area contributed by atoms with E-state index in [4.69, 9.17) is 4.74 Å². The number of carbonyl (C=O) groups excluding carboxylic acids is 3. The van der Waals surface area contributed by atoms with Crippen LogP contribution in [0, 0.1) is 0 Å². The second-order valence-corrected chi connectivity index (χ2v) is 6.06. The zero-order valence-corrected chi connectivity index (χ0v) is 14.3. The van der Waals surface area contributed by atoms with Gasteiger partial charge in [-0.2, -0.15) is 0 Å². The maximum Gasteiger partial charge on any atom is 0.326 e. The van der Waals surface area contributed by atoms with E-state index >= 15 is 0 Å². The predicted octanol–water partition coefficient (Wildman–Crippen LogP) is 2.26. The first-order chi connectivity index (χ1) is 13.0. The largest absolute Gasteiger partial charge is 0.480 e. The van der Waals surface area contributed by atoms with Gasteiger partial charge in [0.05, 0.1) is 11.1 Å². The number of aliphatic carboxylic acids is 1. The summed E-state index contributed by atoms with van der Waals surface area (Å²) in [4.78, 5) is 49.1. The van der Waals surface area contributed by atoms with Crippen molar-refractivity contribution in [3.8, 4) is 0 Å². The fourth-order valence-electron chi connectivity index (χ4n) is 2.92. The Morgan fingerprint density at radius 2 is 1.48 bits per heavy atom. The zero-order chi connectivity index (χ0) is 19.4. The van der Waals surface area contributed by atoms with Crippen LogP contribution in [0.3, 0.4) is 0 Å². The fourth-order valence-corrected chi connectivity index (χ4v) is 2.92. The minimum atomic E-state index is -1.43. The van der Waals surface area contributed by atoms with Crippen molar-refractivity contribution in [3.05, 3.63) is 71.3 Å². The summed E-state index contributed by atoms with van der Waals surface area (Å²) in [6.45, 7) is 0.0738. The van der Waals surface area contributed by atoms with Gasteiger partial charge in [-0.15, -0.1) is 0 Å². The molecule has 1 aliphatic heterocycles. The molecule has 27 heavy (non-hydrogen) atoms. The molecule has 1 heterocycles. The third kappa shape index (κ3) is 3.87. The maximum atomic E-state index is 12.4. The molecule has 2 aromatic rings. The molecule has 0 aliphatic carbocycles. The number of nitrogens with zero attached hydrogens (tertiary/aromatic N) is 1. The van der Waals surface area contributed by atoms with Gasteiger partial charge in [0.2, 0.25) is 0 Å². The lowest BCUT2D eigenvalue weighted by atomic mass is 10.1. The predicted molar refractivity (Wildman–Crippen MR) is 93.8 cm³/mol. The van der Waals surface area contributed by atoms with Crippen LogP contribution in [0.2, 0.25) is 0 Å². The molecule has 138 valence electrons. The first-order valence-corrected chi connectivity index (χ1v) is 8.38. The van der Waals surface area contributed by atoms with E-state index in [1.54, 1.807) is 24.3 Å². The van der Waals surface area contributed by atoms with E-state index in [1.807, 2.05) is 18.2 Å². The molecule has 0 aromatic heterocycles. The molecule has 0 saturated heterocycles. The number of imide groups is 1. The Bertz CT molecular complexity index is 857. The molecule has 1 N–H and O–H groups in total. The molecule has 0 radical (unpaired) electrons. The van der Waals surface area contributed by atoms with Gasteiger partial charge in [-0.05, 0) is 24.1 Å². The average Bonchev–Trinajstić information content (AvgIpc) is 2.92. The standard InChI is InChI=1S/C20H17NO6/c22-17(27-12-13-6-2-1-3-7-13)11-10-16(20(25)26)21-18(23)14-8-4-5-9-15(14)19(21)24/h1-9,16H,10-12H2,(H,25,26). The summed E-state index contributed by atoms with van der Waals surface area (Å²) in [5.41, 5.74) is 1.14. The fraction of sp³-hybridized carbons (Fsp3) is 0.200. The quantitative estimate of drug-likeness (QED) is 0.595. The second-order valence-electron chi connectivity index (χ2n) is 6.06. The molecular weight excluding hydrogens is 350 g/mol. The number of hydrogen-bond acceptors (Lipinski definition) is 5. The lowest BCUT2D eigenvalue weighted by Gasteiger charge is -2.22. The Morgan fingerprint density at radius 1 is 0.926 bits per heavy atom. The Balaban J connectivity index is 1.63. The number of esters is 1. The van der Waals surface area contributed by atoms with Gasteiger partial charge in [-0.3, -0.25) is 19.3 Å². The summed E-state index contributed by atoms with van der Waals surface area (Å²) >= 11 is 0. The van der Waals surface area contributed by atoms with Crippen LogP contribution in [-0.4, -0.2) is 39.8 Å². The first-order valence-electron chi connectivity index (χ1n) is 8.38. The molecule has 1 aliphatic rings. The number of benzene rings is 2. The number of carboxylic acids is 1. The lowest BCUT2D eigenvalue weighted by Crippen LogP contribution is -2.45. The first kappa shape index (κ1) is 18.3. The zero-order valence-electron chi connectivity index (χ0n) is 14.3. The number of fused-ring (bicyclic) bond motifs is 1. The summed E-state index contributed by atoms with van der Waals surface area (Å²) < 4.78 is 5.12. The number of hydrogen-bond donors (Lipinski definition) is 1. The van der Waals surface area contributed by atoms with Crippen LogP contribution in [0.4, 0.5) is 0 Å². The van der Waals surface area contributed by atoms with Gasteiger partial charge in [0.25, 0.3) is 11.8 Å². The third-order valence-electron chi connectivity index (χ3n) is 4.29. The molecule has 3 rings (SSSR count). The average molecular weight is 367 g/mol. The Kier molecular flexibility index (Phi) is 5.30. The van der Waals surface area contributed by atoms with Gasteiger partial charge < -0.3 is 9.84 Å². The highest BCUT2D eigenvalue weighted by atomic mass is 16.5. The third-order valence-corrected chi connectivity index (χ3v) is 4.29. The van der Waals surface area contributed by atoms with Gasteiger partial charge in [0.1, 0.15) is 12.6 Å². The Labute approximate surface area is 155 Å². The van der Waals surface area contributed by atoms with E-state index in [1.165, 1.54) is 12.1 Å². The van der Waals surface area contributed by atoms with E-state index in [-0.39, 0.29) is 30.6 Å². The molecule has 7 nitrogen and oxygen atoms in total. The molecule has 2 aromatic carbocycles. The number of carboxylic acid groups (broad SMARTS) is 1. The van der Waals surface area contributed by atoms with E-state index in [0.717, 1.165) is 5.56 Å². The van der Waals surface area contributed by atoms with E-state index in [2.05, 4.69) is 0 Å². The molecule has 0 spiro atoms. The van der Waals surface area contributed by atoms with Crippen LogP contribution in [-0.2, 0) is 20.9 Å². The molecule has 0 saturated carbocycles. The van der Waals surface area contributed by atoms with Crippen LogP contribution in [0.5, 0.6) is 0 Å². The van der Waals surface area contributed by atoms with Crippen molar-refractivity contribution in [1.29, 1.82) is 0 Å². The highest BCUT2D eigenvalue weighted by molar-refractivity contribution is 6.22. The van der Waals surface area contributed by atoms with Crippen molar-refractivity contribution in [1.82, 2.24) is 4.90 Å². The highest BCUT2D eigenvalue weighted by Crippen LogP contribution is 2.26. The second kappa shape index (κ2) is 7.82. The van der Waals surface area contributed by atoms with Crippen molar-refractivity contribution in [2.24, 2.45) is 0 Å². The number of ether oxygens (including phenoxy) is 1. The molecule has 1 atom stereocenters. The summed E-state index contributed by atoms with van der Waals surface area (Å²) in [7, 11) is 0. The van der Waals surface area contributed by atoms with Crippen LogP contribution in [0.15, 0.2) is 54.6 Å². The number of rotatable bonds is 7. The monoisotopic (exact) mass is 367 g/mol. The van der Waals surface area contributed by atoms with Crippen molar-refractivity contribution < 1.29 is 29.0 Å². The molecule has 0 fully saturated rings. The molecule has 1 unspecified atom stereocenters. The number of carbonyl (C=O) groups is 4. The number of amides is 2. The Morgan fingerprint density at radius 3 is 2.04 bits per heavy atom. The minimum absolute atomic E-state index is 0.0738. The van der Waals surface area contributed by atoms with Gasteiger partial charge >= 0.3 is 11.9 Å². The molecular formula is C20H17NO6. The lowest BCUT2D eigenvalue weighted by molar-refractivity contribution is -0.146. The summed E-state index contributed by atoms with van der Waals surface area (Å²) in [5, 5.41) is 9.47. The van der Waals surface area contributed by atoms with Crippen molar-refractivity contribution in [2.75, 3.05) is 0 Å². The van der Waals surface area contributed by atoms with Gasteiger partial charge in [-0.1, -0.05) is 42.5 Å². The minimum Gasteiger partial charge on any atom is -0.480 e. The normalized spacial score (nSPS) is 14.0. The van der Waals surface area contributed by atoms with Crippen molar-refractivity contribution in [2.45, 2.75) is 25.5 Å². The summed E-state index contributed by atoms with van der Waals surface area (Å²) in [5.74, 6) is -3.27. The highest BCUT2D eigenvalue weighted by Gasteiger charge is 2.42. The van der Waals surface area contributed by atoms with Crippen LogP contribution < -0.4 is 0 Å². The topological polar surface area (TPSA) is 101 Å². The molecule has 7 heteroatoms. The van der Waals surface area contributed by atoms with E-state index < -0.39 is 29.8 Å². The summed E-state index contributed by atoms with van der Waals surface area (Å²) in [6.07, 6.45) is -0.439. The van der Waals surface area contributed by atoms with Crippen LogP contribution in [0.25, 0.3) is 0 Å². The van der Waals surface area contributed by atoms with Crippen molar-refractivity contribution in [3.63, 3.8) is 0 Å². The smallest absolute Gasteiger partial charge is 0.326 e. The SMILES string of the molecule is O=C(CCC(C(=O)O)N1C(=O)c2ccccc2C1=O)OCc1ccccc1.